The number of hydrogen-bond acceptors (Lipinski definition) is 2. The fourth-order valence-electron chi connectivity index (χ4n) is 1.23. The van der Waals surface area contributed by atoms with Crippen molar-refractivity contribution in [2.45, 2.75) is 6.42 Å². The number of nitriles is 1. The Bertz CT molecular complexity index is 463. The first-order valence-electron chi connectivity index (χ1n) is 5.20. The highest BCUT2D eigenvalue weighted by molar-refractivity contribution is 9.10. The third kappa shape index (κ3) is 4.41. The van der Waals surface area contributed by atoms with E-state index >= 15 is 0 Å². The molecule has 0 atom stereocenters. The minimum absolute atomic E-state index is 0.101. The summed E-state index contributed by atoms with van der Waals surface area (Å²) >= 11 is 3.41. The van der Waals surface area contributed by atoms with E-state index in [9.17, 15) is 4.79 Å². The van der Waals surface area contributed by atoms with Crippen LogP contribution in [-0.4, -0.2) is 24.4 Å². The van der Waals surface area contributed by atoms with Crippen molar-refractivity contribution in [3.63, 3.8) is 0 Å². The molecule has 1 rings (SSSR count). The van der Waals surface area contributed by atoms with E-state index in [1.807, 2.05) is 30.3 Å². The molecule has 0 fully saturated rings. The molecule has 0 unspecified atom stereocenters. The Morgan fingerprint density at radius 1 is 1.53 bits per heavy atom. The van der Waals surface area contributed by atoms with Gasteiger partial charge in [0.05, 0.1) is 12.5 Å². The molecular formula is C13H13BrN2O. The van der Waals surface area contributed by atoms with Crippen molar-refractivity contribution in [3.8, 4) is 6.07 Å². The number of likely N-dealkylation sites (N-methyl/N-ethyl adjacent to an activating group) is 1. The van der Waals surface area contributed by atoms with E-state index in [0.29, 0.717) is 13.0 Å². The third-order valence-electron chi connectivity index (χ3n) is 2.25. The van der Waals surface area contributed by atoms with Crippen molar-refractivity contribution in [3.05, 3.63) is 40.4 Å². The van der Waals surface area contributed by atoms with Gasteiger partial charge in [-0.1, -0.05) is 34.1 Å². The zero-order valence-electron chi connectivity index (χ0n) is 9.56. The largest absolute Gasteiger partial charge is 0.341 e. The van der Waals surface area contributed by atoms with Crippen LogP contribution in [0, 0.1) is 11.3 Å². The minimum atomic E-state index is -0.101. The normalized spacial score (nSPS) is 10.2. The molecule has 0 bridgehead atoms. The monoisotopic (exact) mass is 292 g/mol. The molecule has 0 aliphatic rings. The molecule has 0 heterocycles. The van der Waals surface area contributed by atoms with E-state index in [-0.39, 0.29) is 5.91 Å². The van der Waals surface area contributed by atoms with E-state index in [2.05, 4.69) is 15.9 Å². The summed E-state index contributed by atoms with van der Waals surface area (Å²) in [6.45, 7) is 0.454. The SMILES string of the molecule is CN(CCC#N)C(=O)/C=C/c1ccccc1Br. The highest BCUT2D eigenvalue weighted by atomic mass is 79.9. The van der Waals surface area contributed by atoms with E-state index < -0.39 is 0 Å². The number of carbonyl (C=O) groups is 1. The predicted molar refractivity (Wildman–Crippen MR) is 71.0 cm³/mol. The van der Waals surface area contributed by atoms with Crippen LogP contribution >= 0.6 is 15.9 Å². The molecule has 3 nitrogen and oxygen atoms in total. The zero-order chi connectivity index (χ0) is 12.7. The fraction of sp³-hybridized carbons (Fsp3) is 0.231. The second-order valence-electron chi connectivity index (χ2n) is 3.52. The number of rotatable bonds is 4. The van der Waals surface area contributed by atoms with E-state index in [0.717, 1.165) is 10.0 Å². The van der Waals surface area contributed by atoms with Gasteiger partial charge in [0.2, 0.25) is 5.91 Å². The maximum absolute atomic E-state index is 11.6. The topological polar surface area (TPSA) is 44.1 Å². The Labute approximate surface area is 109 Å². The van der Waals surface area contributed by atoms with Crippen LogP contribution in [0.2, 0.25) is 0 Å². The van der Waals surface area contributed by atoms with Crippen molar-refractivity contribution in [2.24, 2.45) is 0 Å². The molecule has 0 spiro atoms. The summed E-state index contributed by atoms with van der Waals surface area (Å²) in [6.07, 6.45) is 3.62. The number of halogens is 1. The summed E-state index contributed by atoms with van der Waals surface area (Å²) in [5, 5.41) is 8.43. The van der Waals surface area contributed by atoms with Crippen molar-refractivity contribution < 1.29 is 4.79 Å². The van der Waals surface area contributed by atoms with Crippen LogP contribution in [0.1, 0.15) is 12.0 Å². The van der Waals surface area contributed by atoms with Gasteiger partial charge in [-0.15, -0.1) is 0 Å². The van der Waals surface area contributed by atoms with Gasteiger partial charge in [-0.3, -0.25) is 4.79 Å². The van der Waals surface area contributed by atoms with Crippen LogP contribution in [-0.2, 0) is 4.79 Å². The van der Waals surface area contributed by atoms with E-state index in [1.54, 1.807) is 13.1 Å². The molecule has 17 heavy (non-hydrogen) atoms. The fourth-order valence-corrected chi connectivity index (χ4v) is 1.64. The van der Waals surface area contributed by atoms with E-state index in [1.165, 1.54) is 11.0 Å². The Morgan fingerprint density at radius 3 is 2.88 bits per heavy atom. The van der Waals surface area contributed by atoms with Gasteiger partial charge in [0.1, 0.15) is 0 Å². The zero-order valence-corrected chi connectivity index (χ0v) is 11.1. The van der Waals surface area contributed by atoms with E-state index in [4.69, 9.17) is 5.26 Å². The van der Waals surface area contributed by atoms with Gasteiger partial charge in [0.15, 0.2) is 0 Å². The molecule has 0 radical (unpaired) electrons. The third-order valence-corrected chi connectivity index (χ3v) is 2.97. The molecule has 0 aliphatic carbocycles. The number of benzene rings is 1. The second-order valence-corrected chi connectivity index (χ2v) is 4.38. The maximum Gasteiger partial charge on any atom is 0.246 e. The number of hydrogen-bond donors (Lipinski definition) is 0. The summed E-state index contributed by atoms with van der Waals surface area (Å²) in [6, 6.07) is 9.68. The lowest BCUT2D eigenvalue weighted by Gasteiger charge is -2.12. The van der Waals surface area contributed by atoms with Crippen molar-refractivity contribution >= 4 is 27.9 Å². The molecule has 0 saturated carbocycles. The smallest absolute Gasteiger partial charge is 0.246 e. The second kappa shape index (κ2) is 6.87. The Morgan fingerprint density at radius 2 is 2.24 bits per heavy atom. The Kier molecular flexibility index (Phi) is 5.44. The molecule has 88 valence electrons. The molecule has 1 aromatic rings. The molecule has 0 aliphatic heterocycles. The van der Waals surface area contributed by atoms with Crippen LogP contribution in [0.5, 0.6) is 0 Å². The van der Waals surface area contributed by atoms with Gasteiger partial charge < -0.3 is 4.90 Å². The van der Waals surface area contributed by atoms with Gasteiger partial charge in [-0.25, -0.2) is 0 Å². The number of carbonyl (C=O) groups excluding carboxylic acids is 1. The molecule has 0 N–H and O–H groups in total. The van der Waals surface area contributed by atoms with Crippen LogP contribution in [0.3, 0.4) is 0 Å². The Balaban J connectivity index is 2.63. The highest BCUT2D eigenvalue weighted by Crippen LogP contribution is 2.17. The predicted octanol–water partition coefficient (Wildman–Crippen LogP) is 2.83. The lowest BCUT2D eigenvalue weighted by molar-refractivity contribution is -0.124. The summed E-state index contributed by atoms with van der Waals surface area (Å²) in [4.78, 5) is 13.2. The van der Waals surface area contributed by atoms with Gasteiger partial charge >= 0.3 is 0 Å². The van der Waals surface area contributed by atoms with Crippen molar-refractivity contribution in [1.29, 1.82) is 5.26 Å². The standard InChI is InChI=1S/C13H13BrN2O/c1-16(10-4-9-15)13(17)8-7-11-5-2-3-6-12(11)14/h2-3,5-8H,4,10H2,1H3/b8-7+. The molecule has 1 amide bonds. The van der Waals surface area contributed by atoms with Crippen LogP contribution in [0.25, 0.3) is 6.08 Å². The molecule has 0 saturated heterocycles. The van der Waals surface area contributed by atoms with Crippen LogP contribution in [0.4, 0.5) is 0 Å². The summed E-state index contributed by atoms with van der Waals surface area (Å²) in [7, 11) is 1.68. The molecule has 1 aromatic carbocycles. The molecule has 4 heteroatoms. The van der Waals surface area contributed by atoms with Crippen LogP contribution in [0.15, 0.2) is 34.8 Å². The first-order chi connectivity index (χ1) is 8.15. The van der Waals surface area contributed by atoms with Gasteiger partial charge in [0, 0.05) is 24.1 Å². The van der Waals surface area contributed by atoms with Crippen LogP contribution < -0.4 is 0 Å². The molecule has 0 aromatic heterocycles. The lowest BCUT2D eigenvalue weighted by Crippen LogP contribution is -2.25. The van der Waals surface area contributed by atoms with Gasteiger partial charge in [0.25, 0.3) is 0 Å². The van der Waals surface area contributed by atoms with Crippen molar-refractivity contribution in [1.82, 2.24) is 4.90 Å². The number of amides is 1. The average Bonchev–Trinajstić information content (AvgIpc) is 2.34. The minimum Gasteiger partial charge on any atom is -0.341 e. The maximum atomic E-state index is 11.6. The van der Waals surface area contributed by atoms with Gasteiger partial charge in [-0.2, -0.15) is 5.26 Å². The highest BCUT2D eigenvalue weighted by Gasteiger charge is 2.03. The quantitative estimate of drug-likeness (QED) is 0.801. The van der Waals surface area contributed by atoms with Crippen molar-refractivity contribution in [2.75, 3.05) is 13.6 Å². The summed E-state index contributed by atoms with van der Waals surface area (Å²) < 4.78 is 0.948. The lowest BCUT2D eigenvalue weighted by atomic mass is 10.2. The first-order valence-corrected chi connectivity index (χ1v) is 5.99. The average molecular weight is 293 g/mol. The summed E-state index contributed by atoms with van der Waals surface area (Å²) in [5.41, 5.74) is 0.953. The molecular weight excluding hydrogens is 280 g/mol. The Hall–Kier alpha value is -1.60. The van der Waals surface area contributed by atoms with Gasteiger partial charge in [-0.05, 0) is 17.7 Å². The first kappa shape index (κ1) is 13.5. The summed E-state index contributed by atoms with van der Waals surface area (Å²) in [5.74, 6) is -0.101. The number of nitrogens with zero attached hydrogens (tertiary/aromatic N) is 2.